The zero-order valence-corrected chi connectivity index (χ0v) is 10.9. The Morgan fingerprint density at radius 2 is 2.15 bits per heavy atom. The van der Waals surface area contributed by atoms with Crippen LogP contribution in [0.5, 0.6) is 0 Å². The van der Waals surface area contributed by atoms with Crippen molar-refractivity contribution in [3.63, 3.8) is 0 Å². The molecule has 1 spiro atoms. The molecule has 106 valence electrons. The first-order chi connectivity index (χ1) is 9.62. The lowest BCUT2D eigenvalue weighted by atomic mass is 9.79. The van der Waals surface area contributed by atoms with Crippen LogP contribution in [0.25, 0.3) is 0 Å². The third-order valence-corrected chi connectivity index (χ3v) is 4.08. The highest BCUT2D eigenvalue weighted by Crippen LogP contribution is 2.39. The van der Waals surface area contributed by atoms with Crippen LogP contribution in [0, 0.1) is 11.9 Å². The lowest BCUT2D eigenvalue weighted by molar-refractivity contribution is -0.113. The zero-order valence-electron chi connectivity index (χ0n) is 10.9. The summed E-state index contributed by atoms with van der Waals surface area (Å²) in [5.74, 6) is -0.300. The van der Waals surface area contributed by atoms with Crippen molar-refractivity contribution in [2.75, 3.05) is 11.4 Å². The maximum absolute atomic E-state index is 13.1. The molecule has 0 aromatic carbocycles. The first-order valence-electron chi connectivity index (χ1n) is 6.70. The second-order valence-electron chi connectivity index (χ2n) is 5.43. The number of pyridine rings is 1. The summed E-state index contributed by atoms with van der Waals surface area (Å²) in [5, 5.41) is 0. The summed E-state index contributed by atoms with van der Waals surface area (Å²) in [7, 11) is 0. The molecule has 1 saturated carbocycles. The fraction of sp³-hybridized carbons (Fsp3) is 0.500. The minimum Gasteiger partial charge on any atom is -0.441 e. The maximum Gasteiger partial charge on any atom is 0.416 e. The van der Waals surface area contributed by atoms with Crippen molar-refractivity contribution >= 4 is 18.2 Å². The van der Waals surface area contributed by atoms with E-state index in [2.05, 4.69) is 4.98 Å². The average molecular weight is 278 g/mol. The van der Waals surface area contributed by atoms with Crippen molar-refractivity contribution < 1.29 is 18.7 Å². The Balaban J connectivity index is 1.77. The van der Waals surface area contributed by atoms with E-state index < -0.39 is 17.6 Å². The molecule has 6 heteroatoms. The molecule has 0 unspecified atom stereocenters. The van der Waals surface area contributed by atoms with Gasteiger partial charge in [-0.3, -0.25) is 4.90 Å². The van der Waals surface area contributed by atoms with Crippen LogP contribution in [-0.4, -0.2) is 29.5 Å². The van der Waals surface area contributed by atoms with Gasteiger partial charge in [-0.05, 0) is 37.8 Å². The van der Waals surface area contributed by atoms with Gasteiger partial charge in [0.1, 0.15) is 17.7 Å². The number of halogens is 1. The molecule has 2 aliphatic rings. The number of amides is 1. The largest absolute Gasteiger partial charge is 0.441 e. The SMILES string of the molecule is O=C[C@H]1CC[C@]2(CC1)CN(c1cccc(F)n1)C(=O)O2. The van der Waals surface area contributed by atoms with Crippen LogP contribution in [0.2, 0.25) is 0 Å². The summed E-state index contributed by atoms with van der Waals surface area (Å²) < 4.78 is 18.6. The van der Waals surface area contributed by atoms with Gasteiger partial charge < -0.3 is 9.53 Å². The molecule has 2 heterocycles. The predicted molar refractivity (Wildman–Crippen MR) is 68.8 cm³/mol. The summed E-state index contributed by atoms with van der Waals surface area (Å²) in [6.45, 7) is 0.369. The minimum absolute atomic E-state index is 0.0562. The highest BCUT2D eigenvalue weighted by atomic mass is 19.1. The van der Waals surface area contributed by atoms with E-state index in [-0.39, 0.29) is 11.7 Å². The second kappa shape index (κ2) is 4.85. The monoisotopic (exact) mass is 278 g/mol. The number of aldehydes is 1. The van der Waals surface area contributed by atoms with Crippen LogP contribution in [0.15, 0.2) is 18.2 Å². The lowest BCUT2D eigenvalue weighted by Crippen LogP contribution is -2.39. The molecule has 0 atom stereocenters. The number of carbonyl (C=O) groups excluding carboxylic acids is 2. The van der Waals surface area contributed by atoms with Crippen molar-refractivity contribution in [2.45, 2.75) is 31.3 Å². The fourth-order valence-corrected chi connectivity index (χ4v) is 2.91. The molecular weight excluding hydrogens is 263 g/mol. The number of hydrogen-bond donors (Lipinski definition) is 0. The molecule has 1 aliphatic heterocycles. The Bertz CT molecular complexity index is 541. The van der Waals surface area contributed by atoms with Gasteiger partial charge in [0.2, 0.25) is 5.95 Å². The van der Waals surface area contributed by atoms with Crippen LogP contribution in [0.4, 0.5) is 15.0 Å². The van der Waals surface area contributed by atoms with Crippen molar-refractivity contribution in [1.29, 1.82) is 0 Å². The highest BCUT2D eigenvalue weighted by molar-refractivity contribution is 5.89. The summed E-state index contributed by atoms with van der Waals surface area (Å²) in [6.07, 6.45) is 3.24. The number of hydrogen-bond acceptors (Lipinski definition) is 4. The molecule has 0 N–H and O–H groups in total. The van der Waals surface area contributed by atoms with Crippen molar-refractivity contribution in [3.8, 4) is 0 Å². The number of aromatic nitrogens is 1. The van der Waals surface area contributed by atoms with Crippen molar-refractivity contribution in [3.05, 3.63) is 24.1 Å². The van der Waals surface area contributed by atoms with Gasteiger partial charge in [0, 0.05) is 5.92 Å². The molecule has 1 aromatic heterocycles. The van der Waals surface area contributed by atoms with Crippen LogP contribution in [0.1, 0.15) is 25.7 Å². The standard InChI is InChI=1S/C14H15FN2O3/c15-11-2-1-3-12(16-11)17-9-14(20-13(17)19)6-4-10(8-18)5-7-14/h1-3,8,10H,4-7,9H2/t10-,14-. The molecule has 3 rings (SSSR count). The van der Waals surface area contributed by atoms with E-state index in [9.17, 15) is 14.0 Å². The Morgan fingerprint density at radius 1 is 1.40 bits per heavy atom. The minimum atomic E-state index is -0.624. The third kappa shape index (κ3) is 2.26. The van der Waals surface area contributed by atoms with E-state index in [0.717, 1.165) is 19.1 Å². The van der Waals surface area contributed by atoms with Crippen LogP contribution >= 0.6 is 0 Å². The van der Waals surface area contributed by atoms with Crippen LogP contribution in [0.3, 0.4) is 0 Å². The fourth-order valence-electron chi connectivity index (χ4n) is 2.91. The third-order valence-electron chi connectivity index (χ3n) is 4.08. The summed E-state index contributed by atoms with van der Waals surface area (Å²) in [5.41, 5.74) is -0.551. The first-order valence-corrected chi connectivity index (χ1v) is 6.70. The Hall–Kier alpha value is -1.98. The topological polar surface area (TPSA) is 59.5 Å². The summed E-state index contributed by atoms with van der Waals surface area (Å²) in [4.78, 5) is 27.8. The van der Waals surface area contributed by atoms with E-state index >= 15 is 0 Å². The molecule has 1 saturated heterocycles. The summed E-state index contributed by atoms with van der Waals surface area (Å²) >= 11 is 0. The van der Waals surface area contributed by atoms with Gasteiger partial charge in [0.15, 0.2) is 0 Å². The van der Waals surface area contributed by atoms with E-state index in [1.54, 1.807) is 6.07 Å². The Labute approximate surface area is 115 Å². The Kier molecular flexibility index (Phi) is 3.16. The molecular formula is C14H15FN2O3. The van der Waals surface area contributed by atoms with Gasteiger partial charge in [-0.2, -0.15) is 4.39 Å². The molecule has 5 nitrogen and oxygen atoms in total. The predicted octanol–water partition coefficient (Wildman–Crippen LogP) is 2.31. The molecule has 0 bridgehead atoms. The van der Waals surface area contributed by atoms with Gasteiger partial charge in [0.05, 0.1) is 6.54 Å². The molecule has 20 heavy (non-hydrogen) atoms. The summed E-state index contributed by atoms with van der Waals surface area (Å²) in [6, 6.07) is 4.33. The van der Waals surface area contributed by atoms with E-state index in [1.165, 1.54) is 17.0 Å². The van der Waals surface area contributed by atoms with E-state index in [0.29, 0.717) is 19.4 Å². The van der Waals surface area contributed by atoms with Crippen molar-refractivity contribution in [1.82, 2.24) is 4.98 Å². The second-order valence-corrected chi connectivity index (χ2v) is 5.43. The Morgan fingerprint density at radius 3 is 2.80 bits per heavy atom. The van der Waals surface area contributed by atoms with Gasteiger partial charge >= 0.3 is 6.09 Å². The molecule has 1 amide bonds. The van der Waals surface area contributed by atoms with E-state index in [1.807, 2.05) is 0 Å². The maximum atomic E-state index is 13.1. The van der Waals surface area contributed by atoms with Crippen molar-refractivity contribution in [2.24, 2.45) is 5.92 Å². The van der Waals surface area contributed by atoms with Gasteiger partial charge in [0.25, 0.3) is 0 Å². The molecule has 1 aromatic rings. The van der Waals surface area contributed by atoms with Gasteiger partial charge in [-0.25, -0.2) is 9.78 Å². The zero-order chi connectivity index (χ0) is 14.2. The first kappa shape index (κ1) is 13.0. The number of carbonyl (C=O) groups is 2. The number of ether oxygens (including phenoxy) is 1. The van der Waals surface area contributed by atoms with Crippen LogP contribution < -0.4 is 4.90 Å². The molecule has 1 aliphatic carbocycles. The smallest absolute Gasteiger partial charge is 0.416 e. The molecule has 0 radical (unpaired) electrons. The van der Waals surface area contributed by atoms with Gasteiger partial charge in [-0.1, -0.05) is 6.07 Å². The lowest BCUT2D eigenvalue weighted by Gasteiger charge is -2.33. The van der Waals surface area contributed by atoms with Gasteiger partial charge in [-0.15, -0.1) is 0 Å². The van der Waals surface area contributed by atoms with E-state index in [4.69, 9.17) is 4.74 Å². The quantitative estimate of drug-likeness (QED) is 0.615. The number of rotatable bonds is 2. The van der Waals surface area contributed by atoms with Crippen LogP contribution in [-0.2, 0) is 9.53 Å². The highest BCUT2D eigenvalue weighted by Gasteiger charge is 2.48. The number of nitrogens with zero attached hydrogens (tertiary/aromatic N) is 2. The normalized spacial score (nSPS) is 29.6. The average Bonchev–Trinajstić information content (AvgIpc) is 2.77. The molecule has 2 fully saturated rings. The number of anilines is 1.